The topological polar surface area (TPSA) is 103 Å². The van der Waals surface area contributed by atoms with E-state index in [0.29, 0.717) is 22.5 Å². The first-order valence-corrected chi connectivity index (χ1v) is 6.09. The summed E-state index contributed by atoms with van der Waals surface area (Å²) in [6, 6.07) is 3.16. The second kappa shape index (κ2) is 4.82. The van der Waals surface area contributed by atoms with Gasteiger partial charge in [0.15, 0.2) is 0 Å². The van der Waals surface area contributed by atoms with Crippen molar-refractivity contribution in [3.8, 4) is 5.95 Å². The molecule has 0 aromatic carbocycles. The minimum absolute atomic E-state index is 0.261. The Morgan fingerprint density at radius 2 is 2.24 bits per heavy atom. The Morgan fingerprint density at radius 3 is 2.90 bits per heavy atom. The van der Waals surface area contributed by atoms with Gasteiger partial charge in [0, 0.05) is 6.20 Å². The minimum Gasteiger partial charge on any atom is -0.465 e. The molecule has 0 amide bonds. The molecule has 0 aliphatic carbocycles. The van der Waals surface area contributed by atoms with E-state index in [1.807, 2.05) is 0 Å². The monoisotopic (exact) mass is 285 g/mol. The van der Waals surface area contributed by atoms with E-state index < -0.39 is 5.97 Å². The number of aryl methyl sites for hydroxylation is 1. The predicted molar refractivity (Wildman–Crippen MR) is 73.4 cm³/mol. The van der Waals surface area contributed by atoms with Crippen molar-refractivity contribution in [2.75, 3.05) is 7.11 Å². The number of aromatic nitrogens is 5. The molecule has 8 nitrogen and oxygen atoms in total. The second-order valence-corrected chi connectivity index (χ2v) is 4.35. The number of fused-ring (bicyclic) bond motifs is 1. The molecule has 21 heavy (non-hydrogen) atoms. The maximum Gasteiger partial charge on any atom is 0.339 e. The van der Waals surface area contributed by atoms with Gasteiger partial charge in [0.2, 0.25) is 5.95 Å². The third-order valence-corrected chi connectivity index (χ3v) is 3.11. The summed E-state index contributed by atoms with van der Waals surface area (Å²) in [5.74, 6) is -0.238. The van der Waals surface area contributed by atoms with Crippen molar-refractivity contribution in [2.45, 2.75) is 6.92 Å². The molecule has 0 aliphatic rings. The zero-order chi connectivity index (χ0) is 15.0. The first kappa shape index (κ1) is 13.0. The lowest BCUT2D eigenvalue weighted by atomic mass is 10.1. The van der Waals surface area contributed by atoms with Gasteiger partial charge in [-0.1, -0.05) is 0 Å². The Hall–Kier alpha value is -3.03. The van der Waals surface area contributed by atoms with E-state index in [0.717, 1.165) is 0 Å². The zero-order valence-electron chi connectivity index (χ0n) is 11.3. The third-order valence-electron chi connectivity index (χ3n) is 3.11. The standard InChI is InChI=1S/C13H11N5O3/c1-7-8(12(20)21-2)5-9-10(16-7)3-4-18(11(9)19)13-14-6-15-17-13/h3-6H,1-2H3,(H,14,15,17). The average molecular weight is 285 g/mol. The van der Waals surface area contributed by atoms with Crippen molar-refractivity contribution in [3.63, 3.8) is 0 Å². The van der Waals surface area contributed by atoms with Gasteiger partial charge in [-0.3, -0.25) is 14.3 Å². The molecule has 0 spiro atoms. The fraction of sp³-hybridized carbons (Fsp3) is 0.154. The number of nitrogens with one attached hydrogen (secondary N) is 1. The second-order valence-electron chi connectivity index (χ2n) is 4.35. The lowest BCUT2D eigenvalue weighted by Crippen LogP contribution is -2.20. The van der Waals surface area contributed by atoms with Gasteiger partial charge in [-0.05, 0) is 19.1 Å². The van der Waals surface area contributed by atoms with Gasteiger partial charge in [-0.25, -0.2) is 9.89 Å². The van der Waals surface area contributed by atoms with Crippen LogP contribution in [0.5, 0.6) is 0 Å². The maximum atomic E-state index is 12.5. The largest absolute Gasteiger partial charge is 0.465 e. The van der Waals surface area contributed by atoms with Crippen molar-refractivity contribution in [1.29, 1.82) is 0 Å². The summed E-state index contributed by atoms with van der Waals surface area (Å²) in [6.45, 7) is 1.69. The highest BCUT2D eigenvalue weighted by Crippen LogP contribution is 2.14. The summed E-state index contributed by atoms with van der Waals surface area (Å²) in [5, 5.41) is 6.62. The van der Waals surface area contributed by atoms with Crippen LogP contribution in [0.2, 0.25) is 0 Å². The number of carbonyl (C=O) groups is 1. The van der Waals surface area contributed by atoms with Crippen molar-refractivity contribution in [2.24, 2.45) is 0 Å². The number of aromatic amines is 1. The van der Waals surface area contributed by atoms with Gasteiger partial charge in [0.05, 0.1) is 29.3 Å². The van der Waals surface area contributed by atoms with Crippen LogP contribution in [0.4, 0.5) is 0 Å². The van der Waals surface area contributed by atoms with Crippen LogP contribution in [-0.4, -0.2) is 37.8 Å². The van der Waals surface area contributed by atoms with Crippen LogP contribution in [-0.2, 0) is 4.74 Å². The van der Waals surface area contributed by atoms with Crippen LogP contribution >= 0.6 is 0 Å². The molecule has 0 unspecified atom stereocenters. The van der Waals surface area contributed by atoms with Gasteiger partial charge in [-0.15, -0.1) is 0 Å². The van der Waals surface area contributed by atoms with Crippen molar-refractivity contribution in [3.05, 3.63) is 46.3 Å². The van der Waals surface area contributed by atoms with Crippen molar-refractivity contribution >= 4 is 16.9 Å². The molecule has 0 atom stereocenters. The van der Waals surface area contributed by atoms with Gasteiger partial charge in [0.25, 0.3) is 5.56 Å². The van der Waals surface area contributed by atoms with E-state index in [1.54, 1.807) is 19.2 Å². The molecule has 3 aromatic rings. The summed E-state index contributed by atoms with van der Waals surface area (Å²) in [5.41, 5.74) is 0.923. The number of carbonyl (C=O) groups excluding carboxylic acids is 1. The van der Waals surface area contributed by atoms with E-state index in [1.165, 1.54) is 24.1 Å². The van der Waals surface area contributed by atoms with Gasteiger partial charge in [0.1, 0.15) is 6.33 Å². The van der Waals surface area contributed by atoms with Crippen LogP contribution in [0.1, 0.15) is 16.1 Å². The molecule has 3 heterocycles. The molecule has 0 aliphatic heterocycles. The molecule has 106 valence electrons. The SMILES string of the molecule is COC(=O)c1cc2c(=O)n(-c3ncn[nH]3)ccc2nc1C. The fourth-order valence-corrected chi connectivity index (χ4v) is 2.06. The summed E-state index contributed by atoms with van der Waals surface area (Å²) in [6.07, 6.45) is 2.86. The molecule has 0 saturated heterocycles. The number of pyridine rings is 2. The van der Waals surface area contributed by atoms with Crippen molar-refractivity contribution in [1.82, 2.24) is 24.7 Å². The number of nitrogens with zero attached hydrogens (tertiary/aromatic N) is 4. The molecule has 3 rings (SSSR count). The molecule has 0 saturated carbocycles. The third kappa shape index (κ3) is 2.06. The van der Waals surface area contributed by atoms with Gasteiger partial charge in [-0.2, -0.15) is 10.1 Å². The predicted octanol–water partition coefficient (Wildman–Crippen LogP) is 0.599. The molecular weight excluding hydrogens is 274 g/mol. The Kier molecular flexibility index (Phi) is 2.98. The number of methoxy groups -OCH3 is 1. The maximum absolute atomic E-state index is 12.5. The highest BCUT2D eigenvalue weighted by Gasteiger charge is 2.15. The first-order valence-electron chi connectivity index (χ1n) is 6.09. The van der Waals surface area contributed by atoms with Crippen molar-refractivity contribution < 1.29 is 9.53 Å². The summed E-state index contributed by atoms with van der Waals surface area (Å²) >= 11 is 0. The highest BCUT2D eigenvalue weighted by molar-refractivity contribution is 5.94. The summed E-state index contributed by atoms with van der Waals surface area (Å²) in [4.78, 5) is 32.4. The van der Waals surface area contributed by atoms with Gasteiger partial charge < -0.3 is 4.74 Å². The summed E-state index contributed by atoms with van der Waals surface area (Å²) < 4.78 is 5.99. The molecular formula is C13H11N5O3. The number of ether oxygens (including phenoxy) is 1. The lowest BCUT2D eigenvalue weighted by Gasteiger charge is -2.07. The van der Waals surface area contributed by atoms with E-state index in [-0.39, 0.29) is 11.1 Å². The Balaban J connectivity index is 2.30. The molecule has 1 N–H and O–H groups in total. The van der Waals surface area contributed by atoms with E-state index in [2.05, 4.69) is 20.2 Å². The number of H-pyrrole nitrogens is 1. The highest BCUT2D eigenvalue weighted by atomic mass is 16.5. The molecule has 0 fully saturated rings. The molecule has 8 heteroatoms. The van der Waals surface area contributed by atoms with Crippen LogP contribution < -0.4 is 5.56 Å². The number of hydrogen-bond donors (Lipinski definition) is 1. The van der Waals surface area contributed by atoms with Crippen LogP contribution in [0, 0.1) is 6.92 Å². The quantitative estimate of drug-likeness (QED) is 0.691. The smallest absolute Gasteiger partial charge is 0.339 e. The lowest BCUT2D eigenvalue weighted by molar-refractivity contribution is 0.0599. The average Bonchev–Trinajstić information content (AvgIpc) is 3.00. The van der Waals surface area contributed by atoms with E-state index in [9.17, 15) is 9.59 Å². The van der Waals surface area contributed by atoms with E-state index >= 15 is 0 Å². The molecule has 0 bridgehead atoms. The fourth-order valence-electron chi connectivity index (χ4n) is 2.06. The molecule has 0 radical (unpaired) electrons. The van der Waals surface area contributed by atoms with Crippen LogP contribution in [0.25, 0.3) is 16.9 Å². The normalized spacial score (nSPS) is 10.8. The van der Waals surface area contributed by atoms with Gasteiger partial charge >= 0.3 is 5.97 Å². The summed E-state index contributed by atoms with van der Waals surface area (Å²) in [7, 11) is 1.28. The minimum atomic E-state index is -0.531. The van der Waals surface area contributed by atoms with Crippen LogP contribution in [0.15, 0.2) is 29.5 Å². The molecule has 3 aromatic heterocycles. The first-order chi connectivity index (χ1) is 10.1. The number of esters is 1. The number of rotatable bonds is 2. The van der Waals surface area contributed by atoms with Crippen LogP contribution in [0.3, 0.4) is 0 Å². The zero-order valence-corrected chi connectivity index (χ0v) is 11.3. The Bertz CT molecular complexity index is 883. The number of hydrogen-bond acceptors (Lipinski definition) is 6. The Morgan fingerprint density at radius 1 is 1.43 bits per heavy atom. The Labute approximate surface area is 118 Å². The van der Waals surface area contributed by atoms with E-state index in [4.69, 9.17) is 4.74 Å².